The van der Waals surface area contributed by atoms with Crippen molar-refractivity contribution in [2.24, 2.45) is 11.8 Å². The highest BCUT2D eigenvalue weighted by Crippen LogP contribution is 2.17. The molecule has 128 valence electrons. The van der Waals surface area contributed by atoms with Gasteiger partial charge in [0.2, 0.25) is 5.91 Å². The third kappa shape index (κ3) is 6.63. The molecule has 0 aromatic rings. The number of nitrogens with one attached hydrogen (secondary N) is 2. The van der Waals surface area contributed by atoms with Gasteiger partial charge in [0.25, 0.3) is 0 Å². The number of carbonyl (C=O) groups is 1. The molecule has 1 amide bonds. The Morgan fingerprint density at radius 1 is 1.23 bits per heavy atom. The molecule has 22 heavy (non-hydrogen) atoms. The maximum absolute atomic E-state index is 12.0. The molecule has 1 atom stereocenters. The summed E-state index contributed by atoms with van der Waals surface area (Å²) in [7, 11) is 2.18. The minimum Gasteiger partial charge on any atom is -0.356 e. The van der Waals surface area contributed by atoms with Crippen molar-refractivity contribution in [3.8, 4) is 0 Å². The Morgan fingerprint density at radius 3 is 2.59 bits per heavy atom. The van der Waals surface area contributed by atoms with Crippen molar-refractivity contribution in [3.05, 3.63) is 0 Å². The van der Waals surface area contributed by atoms with Gasteiger partial charge in [-0.1, -0.05) is 6.92 Å². The number of amides is 1. The van der Waals surface area contributed by atoms with Gasteiger partial charge in [-0.25, -0.2) is 0 Å². The molecule has 0 aromatic carbocycles. The van der Waals surface area contributed by atoms with Crippen molar-refractivity contribution in [3.63, 3.8) is 0 Å². The zero-order chi connectivity index (χ0) is 15.8. The summed E-state index contributed by atoms with van der Waals surface area (Å²) in [5.41, 5.74) is 0. The fraction of sp³-hybridized carbons (Fsp3) is 0.941. The number of likely N-dealkylation sites (N-methyl/N-ethyl adjacent to an activating group) is 1. The van der Waals surface area contributed by atoms with Gasteiger partial charge in [-0.15, -0.1) is 0 Å². The Morgan fingerprint density at radius 2 is 1.91 bits per heavy atom. The van der Waals surface area contributed by atoms with Gasteiger partial charge < -0.3 is 20.4 Å². The second-order valence-corrected chi connectivity index (χ2v) is 7.25. The number of piperidine rings is 1. The van der Waals surface area contributed by atoms with Gasteiger partial charge in [0.15, 0.2) is 0 Å². The maximum Gasteiger partial charge on any atom is 0.220 e. The number of hydrogen-bond acceptors (Lipinski definition) is 4. The monoisotopic (exact) mass is 310 g/mol. The summed E-state index contributed by atoms with van der Waals surface area (Å²) >= 11 is 0. The predicted octanol–water partition coefficient (Wildman–Crippen LogP) is 0.766. The van der Waals surface area contributed by atoms with E-state index in [0.717, 1.165) is 64.7 Å². The minimum atomic E-state index is 0.240. The molecule has 5 heteroatoms. The summed E-state index contributed by atoms with van der Waals surface area (Å²) in [6.07, 6.45) is 4.21. The van der Waals surface area contributed by atoms with Crippen molar-refractivity contribution in [2.75, 3.05) is 59.4 Å². The largest absolute Gasteiger partial charge is 0.356 e. The summed E-state index contributed by atoms with van der Waals surface area (Å²) in [6.45, 7) is 11.0. The zero-order valence-electron chi connectivity index (χ0n) is 14.4. The average Bonchev–Trinajstić information content (AvgIpc) is 2.54. The number of hydrogen-bond donors (Lipinski definition) is 2. The van der Waals surface area contributed by atoms with Crippen LogP contribution in [-0.2, 0) is 4.79 Å². The summed E-state index contributed by atoms with van der Waals surface area (Å²) < 4.78 is 0. The molecule has 2 aliphatic heterocycles. The number of carbonyl (C=O) groups excluding carboxylic acids is 1. The fourth-order valence-corrected chi connectivity index (χ4v) is 3.42. The molecule has 2 heterocycles. The second-order valence-electron chi connectivity index (χ2n) is 7.25. The molecule has 2 aliphatic rings. The first-order valence-corrected chi connectivity index (χ1v) is 9.02. The smallest absolute Gasteiger partial charge is 0.220 e. The van der Waals surface area contributed by atoms with Crippen molar-refractivity contribution in [1.29, 1.82) is 0 Å². The highest BCUT2D eigenvalue weighted by molar-refractivity contribution is 5.75. The molecule has 0 saturated carbocycles. The van der Waals surface area contributed by atoms with E-state index in [9.17, 15) is 4.79 Å². The van der Waals surface area contributed by atoms with Gasteiger partial charge in [0.1, 0.15) is 0 Å². The van der Waals surface area contributed by atoms with E-state index in [1.807, 2.05) is 0 Å². The molecular formula is C17H34N4O. The van der Waals surface area contributed by atoms with E-state index in [1.165, 1.54) is 12.8 Å². The number of nitrogens with zero attached hydrogens (tertiary/aromatic N) is 2. The Hall–Kier alpha value is -0.650. The first-order valence-electron chi connectivity index (χ1n) is 9.02. The summed E-state index contributed by atoms with van der Waals surface area (Å²) in [4.78, 5) is 16.9. The third-order valence-electron chi connectivity index (χ3n) is 5.05. The van der Waals surface area contributed by atoms with Crippen LogP contribution in [0.25, 0.3) is 0 Å². The maximum atomic E-state index is 12.0. The van der Waals surface area contributed by atoms with Crippen LogP contribution < -0.4 is 10.6 Å². The molecule has 0 radical (unpaired) electrons. The summed E-state index contributed by atoms with van der Waals surface area (Å²) in [5, 5.41) is 6.50. The summed E-state index contributed by atoms with van der Waals surface area (Å²) in [5.74, 6) is 1.52. The van der Waals surface area contributed by atoms with Crippen LogP contribution in [0.4, 0.5) is 0 Å². The van der Waals surface area contributed by atoms with E-state index >= 15 is 0 Å². The molecule has 2 saturated heterocycles. The number of rotatable bonds is 7. The van der Waals surface area contributed by atoms with Gasteiger partial charge in [-0.3, -0.25) is 4.79 Å². The van der Waals surface area contributed by atoms with E-state index in [-0.39, 0.29) is 5.91 Å². The molecule has 0 spiro atoms. The predicted molar refractivity (Wildman–Crippen MR) is 90.9 cm³/mol. The first-order chi connectivity index (χ1) is 10.6. The molecule has 0 aromatic heterocycles. The average molecular weight is 310 g/mol. The lowest BCUT2D eigenvalue weighted by Gasteiger charge is -2.34. The van der Waals surface area contributed by atoms with Crippen LogP contribution in [0.2, 0.25) is 0 Å². The van der Waals surface area contributed by atoms with Crippen LogP contribution in [0.5, 0.6) is 0 Å². The lowest BCUT2D eigenvalue weighted by molar-refractivity contribution is -0.121. The van der Waals surface area contributed by atoms with Crippen LogP contribution in [-0.4, -0.2) is 75.1 Å². The molecule has 0 bridgehead atoms. The van der Waals surface area contributed by atoms with Crippen molar-refractivity contribution in [2.45, 2.75) is 32.6 Å². The van der Waals surface area contributed by atoms with Crippen LogP contribution >= 0.6 is 0 Å². The van der Waals surface area contributed by atoms with E-state index < -0.39 is 0 Å². The van der Waals surface area contributed by atoms with Crippen LogP contribution in [0.15, 0.2) is 0 Å². The Bertz CT molecular complexity index is 323. The molecule has 1 unspecified atom stereocenters. The Labute approximate surface area is 135 Å². The van der Waals surface area contributed by atoms with E-state index in [1.54, 1.807) is 0 Å². The van der Waals surface area contributed by atoms with Crippen LogP contribution in [0, 0.1) is 11.8 Å². The highest BCUT2D eigenvalue weighted by Gasteiger charge is 2.17. The fourth-order valence-electron chi connectivity index (χ4n) is 3.42. The van der Waals surface area contributed by atoms with Gasteiger partial charge in [0.05, 0.1) is 0 Å². The molecule has 0 aliphatic carbocycles. The lowest BCUT2D eigenvalue weighted by Crippen LogP contribution is -2.46. The molecular weight excluding hydrogens is 276 g/mol. The van der Waals surface area contributed by atoms with E-state index in [4.69, 9.17) is 0 Å². The van der Waals surface area contributed by atoms with Crippen molar-refractivity contribution < 1.29 is 4.79 Å². The highest BCUT2D eigenvalue weighted by atomic mass is 16.1. The minimum absolute atomic E-state index is 0.240. The van der Waals surface area contributed by atoms with Crippen molar-refractivity contribution >= 4 is 5.91 Å². The van der Waals surface area contributed by atoms with Gasteiger partial charge in [-0.2, -0.15) is 0 Å². The first kappa shape index (κ1) is 17.7. The second kappa shape index (κ2) is 9.48. The van der Waals surface area contributed by atoms with Gasteiger partial charge >= 0.3 is 0 Å². The van der Waals surface area contributed by atoms with Crippen LogP contribution in [0.1, 0.15) is 32.6 Å². The Kier molecular flexibility index (Phi) is 7.63. The number of piperazine rings is 1. The lowest BCUT2D eigenvalue weighted by atomic mass is 9.93. The molecule has 2 rings (SSSR count). The zero-order valence-corrected chi connectivity index (χ0v) is 14.4. The normalized spacial score (nSPS) is 23.4. The summed E-state index contributed by atoms with van der Waals surface area (Å²) in [6, 6.07) is 0. The van der Waals surface area contributed by atoms with Gasteiger partial charge in [-0.05, 0) is 51.2 Å². The topological polar surface area (TPSA) is 47.6 Å². The van der Waals surface area contributed by atoms with Crippen molar-refractivity contribution in [1.82, 2.24) is 20.4 Å². The third-order valence-corrected chi connectivity index (χ3v) is 5.05. The molecule has 2 N–H and O–H groups in total. The standard InChI is InChI=1S/C17H34N4O/c1-15(14-21-11-9-20(2)10-12-21)13-19-17(22)4-3-16-5-7-18-8-6-16/h15-16,18H,3-14H2,1-2H3,(H,19,22). The van der Waals surface area contributed by atoms with Gasteiger partial charge in [0, 0.05) is 45.7 Å². The SMILES string of the molecule is CC(CNC(=O)CCC1CCNCC1)CN1CCN(C)CC1. The quantitative estimate of drug-likeness (QED) is 0.729. The van der Waals surface area contributed by atoms with E-state index in [0.29, 0.717) is 12.3 Å². The molecule has 2 fully saturated rings. The Balaban J connectivity index is 1.53. The molecule has 5 nitrogen and oxygen atoms in total. The van der Waals surface area contributed by atoms with Crippen LogP contribution in [0.3, 0.4) is 0 Å². The van der Waals surface area contributed by atoms with E-state index in [2.05, 4.69) is 34.4 Å².